The van der Waals surface area contributed by atoms with Crippen LogP contribution in [-0.2, 0) is 4.79 Å². The number of hydrogen-bond acceptors (Lipinski definition) is 3. The Bertz CT molecular complexity index is 309. The lowest BCUT2D eigenvalue weighted by molar-refractivity contribution is -0.118. The van der Waals surface area contributed by atoms with Gasteiger partial charge in [0.15, 0.2) is 0 Å². The molecule has 1 heterocycles. The van der Waals surface area contributed by atoms with Gasteiger partial charge in [0, 0.05) is 21.8 Å². The van der Waals surface area contributed by atoms with E-state index in [1.165, 1.54) is 11.3 Å². The summed E-state index contributed by atoms with van der Waals surface area (Å²) in [6, 6.07) is 1.45. The van der Waals surface area contributed by atoms with Crippen molar-refractivity contribution >= 4 is 44.8 Å². The lowest BCUT2D eigenvalue weighted by Crippen LogP contribution is -2.19. The second-order valence-electron chi connectivity index (χ2n) is 2.55. The maximum Gasteiger partial charge on any atom is 0.219 e. The summed E-state index contributed by atoms with van der Waals surface area (Å²) < 4.78 is 1.43. The van der Waals surface area contributed by atoms with Gasteiger partial charge in [0.1, 0.15) is 4.34 Å². The summed E-state index contributed by atoms with van der Waals surface area (Å²) in [6.07, 6.45) is 0.142. The molecule has 6 heteroatoms. The van der Waals surface area contributed by atoms with Gasteiger partial charge in [0.25, 0.3) is 0 Å². The van der Waals surface area contributed by atoms with Gasteiger partial charge in [0.05, 0.1) is 0 Å². The summed E-state index contributed by atoms with van der Waals surface area (Å²) in [5.41, 5.74) is 10.7. The predicted octanol–water partition coefficient (Wildman–Crippen LogP) is 2.04. The van der Waals surface area contributed by atoms with E-state index in [-0.39, 0.29) is 12.5 Å². The molecule has 0 fully saturated rings. The van der Waals surface area contributed by atoms with Crippen molar-refractivity contribution in [2.75, 3.05) is 0 Å². The Morgan fingerprint density at radius 2 is 2.38 bits per heavy atom. The van der Waals surface area contributed by atoms with Gasteiger partial charge < -0.3 is 11.5 Å². The summed E-state index contributed by atoms with van der Waals surface area (Å²) >= 11 is 10.4. The normalized spacial score (nSPS) is 12.8. The van der Waals surface area contributed by atoms with Gasteiger partial charge >= 0.3 is 0 Å². The third-order valence-electron chi connectivity index (χ3n) is 1.45. The zero-order valence-corrected chi connectivity index (χ0v) is 9.75. The molecule has 1 amide bonds. The summed E-state index contributed by atoms with van der Waals surface area (Å²) in [6.45, 7) is 0. The van der Waals surface area contributed by atoms with E-state index in [0.29, 0.717) is 4.34 Å². The Labute approximate surface area is 93.2 Å². The Morgan fingerprint density at radius 1 is 1.77 bits per heavy atom. The molecule has 0 aromatic carbocycles. The fraction of sp³-hybridized carbons (Fsp3) is 0.286. The molecule has 0 bridgehead atoms. The summed E-state index contributed by atoms with van der Waals surface area (Å²) in [7, 11) is 0. The smallest absolute Gasteiger partial charge is 0.219 e. The molecule has 72 valence electrons. The van der Waals surface area contributed by atoms with Crippen LogP contribution in [-0.4, -0.2) is 5.91 Å². The zero-order valence-electron chi connectivity index (χ0n) is 6.59. The molecule has 1 atom stereocenters. The van der Waals surface area contributed by atoms with Gasteiger partial charge in [-0.25, -0.2) is 0 Å². The van der Waals surface area contributed by atoms with Crippen molar-refractivity contribution in [3.8, 4) is 0 Å². The number of hydrogen-bond donors (Lipinski definition) is 2. The molecular weight excluding hydrogens is 276 g/mol. The molecule has 1 rings (SSSR count). The van der Waals surface area contributed by atoms with Gasteiger partial charge in [0.2, 0.25) is 5.91 Å². The second kappa shape index (κ2) is 4.41. The zero-order chi connectivity index (χ0) is 10.0. The molecule has 0 aliphatic heterocycles. The quantitative estimate of drug-likeness (QED) is 0.891. The first-order valence-corrected chi connectivity index (χ1v) is 5.48. The van der Waals surface area contributed by atoms with Crippen LogP contribution in [0.4, 0.5) is 0 Å². The molecule has 0 aliphatic carbocycles. The molecule has 3 nitrogen and oxygen atoms in total. The van der Waals surface area contributed by atoms with E-state index in [4.69, 9.17) is 23.1 Å². The predicted molar refractivity (Wildman–Crippen MR) is 57.8 cm³/mol. The standard InChI is InChI=1S/C7H8BrClN2OS/c8-3-1-5(13-7(3)9)4(10)2-6(11)12/h1,4H,2,10H2,(H2,11,12)/t4-/m1/s1. The minimum atomic E-state index is -0.409. The molecule has 1 aromatic heterocycles. The second-order valence-corrected chi connectivity index (χ2v) is 5.09. The minimum Gasteiger partial charge on any atom is -0.370 e. The van der Waals surface area contributed by atoms with Crippen molar-refractivity contribution in [3.63, 3.8) is 0 Å². The van der Waals surface area contributed by atoms with Crippen LogP contribution >= 0.6 is 38.9 Å². The summed E-state index contributed by atoms with van der Waals surface area (Å²) in [5.74, 6) is -0.409. The number of halogens is 2. The van der Waals surface area contributed by atoms with Crippen LogP contribution in [0.1, 0.15) is 17.3 Å². The van der Waals surface area contributed by atoms with Gasteiger partial charge in [-0.2, -0.15) is 0 Å². The minimum absolute atomic E-state index is 0.142. The van der Waals surface area contributed by atoms with E-state index < -0.39 is 5.91 Å². The lowest BCUT2D eigenvalue weighted by Gasteiger charge is -2.04. The van der Waals surface area contributed by atoms with Crippen LogP contribution in [0.2, 0.25) is 4.34 Å². The highest BCUT2D eigenvalue weighted by Gasteiger charge is 2.13. The molecule has 0 saturated heterocycles. The SMILES string of the molecule is NC(=O)C[C@@H](N)c1cc(Br)c(Cl)s1. The molecule has 0 unspecified atom stereocenters. The first kappa shape index (κ1) is 11.0. The lowest BCUT2D eigenvalue weighted by atomic mass is 10.2. The van der Waals surface area contributed by atoms with Gasteiger partial charge in [-0.05, 0) is 22.0 Å². The Kier molecular flexibility index (Phi) is 3.73. The van der Waals surface area contributed by atoms with Crippen molar-refractivity contribution in [2.45, 2.75) is 12.5 Å². The van der Waals surface area contributed by atoms with Crippen molar-refractivity contribution in [1.82, 2.24) is 0 Å². The Morgan fingerprint density at radius 3 is 2.77 bits per heavy atom. The van der Waals surface area contributed by atoms with Gasteiger partial charge in [-0.1, -0.05) is 11.6 Å². The number of carbonyl (C=O) groups is 1. The van der Waals surface area contributed by atoms with Crippen molar-refractivity contribution in [1.29, 1.82) is 0 Å². The van der Waals surface area contributed by atoms with Gasteiger partial charge in [-0.3, -0.25) is 4.79 Å². The fourth-order valence-corrected chi connectivity index (χ4v) is 2.60. The molecular formula is C7H8BrClN2OS. The third-order valence-corrected chi connectivity index (χ3v) is 4.06. The van der Waals surface area contributed by atoms with Crippen molar-refractivity contribution in [2.24, 2.45) is 11.5 Å². The first-order chi connectivity index (χ1) is 6.00. The highest BCUT2D eigenvalue weighted by Crippen LogP contribution is 2.35. The van der Waals surface area contributed by atoms with Crippen molar-refractivity contribution in [3.05, 3.63) is 19.8 Å². The number of nitrogens with two attached hydrogens (primary N) is 2. The third kappa shape index (κ3) is 2.95. The maximum atomic E-state index is 10.6. The molecule has 0 aliphatic rings. The average Bonchev–Trinajstić information content (AvgIpc) is 2.31. The van der Waals surface area contributed by atoms with Crippen LogP contribution in [0.3, 0.4) is 0 Å². The van der Waals surface area contributed by atoms with E-state index >= 15 is 0 Å². The number of rotatable bonds is 3. The largest absolute Gasteiger partial charge is 0.370 e. The summed E-state index contributed by atoms with van der Waals surface area (Å²) in [5, 5.41) is 0. The number of amides is 1. The molecule has 0 spiro atoms. The van der Waals surface area contributed by atoms with Crippen molar-refractivity contribution < 1.29 is 4.79 Å². The summed E-state index contributed by atoms with van der Waals surface area (Å²) in [4.78, 5) is 11.4. The van der Waals surface area contributed by atoms with E-state index in [1.54, 1.807) is 6.07 Å². The number of primary amides is 1. The Balaban J connectivity index is 2.77. The fourth-order valence-electron chi connectivity index (χ4n) is 0.863. The monoisotopic (exact) mass is 282 g/mol. The van der Waals surface area contributed by atoms with E-state index in [0.717, 1.165) is 9.35 Å². The number of thiophene rings is 1. The molecule has 1 aromatic rings. The maximum absolute atomic E-state index is 10.6. The van der Waals surface area contributed by atoms with Crippen LogP contribution in [0.15, 0.2) is 10.5 Å². The highest BCUT2D eigenvalue weighted by molar-refractivity contribution is 9.10. The molecule has 0 saturated carbocycles. The van der Waals surface area contributed by atoms with Crippen LogP contribution in [0, 0.1) is 0 Å². The van der Waals surface area contributed by atoms with E-state index in [2.05, 4.69) is 15.9 Å². The van der Waals surface area contributed by atoms with E-state index in [1.807, 2.05) is 0 Å². The molecule has 4 N–H and O–H groups in total. The molecule has 0 radical (unpaired) electrons. The van der Waals surface area contributed by atoms with Crippen LogP contribution in [0.25, 0.3) is 0 Å². The average molecular weight is 284 g/mol. The van der Waals surface area contributed by atoms with Crippen LogP contribution < -0.4 is 11.5 Å². The van der Waals surface area contributed by atoms with Gasteiger partial charge in [-0.15, -0.1) is 11.3 Å². The number of carbonyl (C=O) groups excluding carboxylic acids is 1. The topological polar surface area (TPSA) is 69.1 Å². The highest BCUT2D eigenvalue weighted by atomic mass is 79.9. The Hall–Kier alpha value is -0.100. The first-order valence-electron chi connectivity index (χ1n) is 3.49. The molecule has 13 heavy (non-hydrogen) atoms. The van der Waals surface area contributed by atoms with E-state index in [9.17, 15) is 4.79 Å². The van der Waals surface area contributed by atoms with Crippen LogP contribution in [0.5, 0.6) is 0 Å².